The van der Waals surface area contributed by atoms with Crippen molar-refractivity contribution in [3.05, 3.63) is 18.3 Å². The molecule has 1 aromatic rings. The predicted molar refractivity (Wildman–Crippen MR) is 56.3 cm³/mol. The lowest BCUT2D eigenvalue weighted by Crippen LogP contribution is -2.37. The fourth-order valence-electron chi connectivity index (χ4n) is 2.03. The number of rotatable bonds is 3. The van der Waals surface area contributed by atoms with Crippen LogP contribution in [0.15, 0.2) is 18.3 Å². The molecule has 0 radical (unpaired) electrons. The molecular weight excluding hydrogens is 176 g/mol. The van der Waals surface area contributed by atoms with E-state index >= 15 is 0 Å². The van der Waals surface area contributed by atoms with Crippen molar-refractivity contribution in [2.45, 2.75) is 18.9 Å². The van der Waals surface area contributed by atoms with Gasteiger partial charge in [0.25, 0.3) is 0 Å². The summed E-state index contributed by atoms with van der Waals surface area (Å²) in [4.78, 5) is 2.34. The van der Waals surface area contributed by atoms with Gasteiger partial charge < -0.3 is 10.2 Å². The number of anilines is 1. The largest absolute Gasteiger partial charge is 0.351 e. The van der Waals surface area contributed by atoms with Gasteiger partial charge in [-0.3, -0.25) is 0 Å². The summed E-state index contributed by atoms with van der Waals surface area (Å²) in [7, 11) is 1.99. The summed E-state index contributed by atoms with van der Waals surface area (Å²) in [6, 6.07) is 4.55. The van der Waals surface area contributed by atoms with E-state index < -0.39 is 0 Å². The second-order valence-electron chi connectivity index (χ2n) is 3.63. The Labute approximate surface area is 84.3 Å². The van der Waals surface area contributed by atoms with Crippen molar-refractivity contribution in [3.8, 4) is 0 Å². The molecule has 0 aliphatic carbocycles. The lowest BCUT2D eigenvalue weighted by molar-refractivity contribution is 0.609. The van der Waals surface area contributed by atoms with Gasteiger partial charge in [0.1, 0.15) is 0 Å². The Morgan fingerprint density at radius 2 is 2.57 bits per heavy atom. The highest BCUT2D eigenvalue weighted by atomic mass is 15.3. The SMILES string of the molecule is CNC[C@@H]1CCCN1c1cccnn1. The molecule has 0 aromatic carbocycles. The van der Waals surface area contributed by atoms with Gasteiger partial charge in [0, 0.05) is 25.3 Å². The van der Waals surface area contributed by atoms with Crippen LogP contribution < -0.4 is 10.2 Å². The van der Waals surface area contributed by atoms with Gasteiger partial charge in [0.15, 0.2) is 5.82 Å². The normalized spacial score (nSPS) is 21.5. The maximum Gasteiger partial charge on any atom is 0.151 e. The van der Waals surface area contributed by atoms with Crippen LogP contribution in [0, 0.1) is 0 Å². The van der Waals surface area contributed by atoms with Crippen molar-refractivity contribution < 1.29 is 0 Å². The predicted octanol–water partition coefficient (Wildman–Crippen LogP) is 0.665. The van der Waals surface area contributed by atoms with Crippen molar-refractivity contribution in [2.75, 3.05) is 25.0 Å². The van der Waals surface area contributed by atoms with Crippen molar-refractivity contribution in [3.63, 3.8) is 0 Å². The van der Waals surface area contributed by atoms with Crippen LogP contribution in [0.1, 0.15) is 12.8 Å². The maximum atomic E-state index is 4.14. The van der Waals surface area contributed by atoms with Gasteiger partial charge in [-0.1, -0.05) is 0 Å². The van der Waals surface area contributed by atoms with E-state index in [1.807, 2.05) is 19.2 Å². The second kappa shape index (κ2) is 4.37. The zero-order valence-electron chi connectivity index (χ0n) is 8.48. The molecular formula is C10H16N4. The number of nitrogens with one attached hydrogen (secondary N) is 1. The average molecular weight is 192 g/mol. The van der Waals surface area contributed by atoms with Gasteiger partial charge in [0.05, 0.1) is 0 Å². The molecule has 0 amide bonds. The molecule has 1 atom stereocenters. The molecule has 1 aromatic heterocycles. The Kier molecular flexibility index (Phi) is 2.93. The number of hydrogen-bond donors (Lipinski definition) is 1. The van der Waals surface area contributed by atoms with Crippen LogP contribution in [0.4, 0.5) is 5.82 Å². The molecule has 0 spiro atoms. The molecule has 76 valence electrons. The third-order valence-corrected chi connectivity index (χ3v) is 2.67. The van der Waals surface area contributed by atoms with E-state index in [1.54, 1.807) is 6.20 Å². The molecule has 4 nitrogen and oxygen atoms in total. The van der Waals surface area contributed by atoms with Gasteiger partial charge in [-0.2, -0.15) is 5.10 Å². The molecule has 2 rings (SSSR count). The Hall–Kier alpha value is -1.16. The number of aromatic nitrogens is 2. The molecule has 2 heterocycles. The Morgan fingerprint density at radius 1 is 1.64 bits per heavy atom. The third kappa shape index (κ3) is 1.85. The number of nitrogens with zero attached hydrogens (tertiary/aromatic N) is 3. The molecule has 1 fully saturated rings. The van der Waals surface area contributed by atoms with Crippen molar-refractivity contribution >= 4 is 5.82 Å². The van der Waals surface area contributed by atoms with E-state index in [2.05, 4.69) is 20.4 Å². The number of likely N-dealkylation sites (N-methyl/N-ethyl adjacent to an activating group) is 1. The van der Waals surface area contributed by atoms with Gasteiger partial charge in [0.2, 0.25) is 0 Å². The van der Waals surface area contributed by atoms with Crippen LogP contribution >= 0.6 is 0 Å². The Morgan fingerprint density at radius 3 is 3.29 bits per heavy atom. The van der Waals surface area contributed by atoms with Crippen molar-refractivity contribution in [2.24, 2.45) is 0 Å². The summed E-state index contributed by atoms with van der Waals surface area (Å²) < 4.78 is 0. The van der Waals surface area contributed by atoms with Crippen LogP contribution in [0.5, 0.6) is 0 Å². The fourth-order valence-corrected chi connectivity index (χ4v) is 2.03. The molecule has 14 heavy (non-hydrogen) atoms. The summed E-state index contributed by atoms with van der Waals surface area (Å²) in [5.74, 6) is 1.00. The summed E-state index contributed by atoms with van der Waals surface area (Å²) >= 11 is 0. The molecule has 0 saturated carbocycles. The average Bonchev–Trinajstić information content (AvgIpc) is 2.68. The minimum Gasteiger partial charge on any atom is -0.351 e. The first-order valence-electron chi connectivity index (χ1n) is 5.11. The summed E-state index contributed by atoms with van der Waals surface area (Å²) in [6.07, 6.45) is 4.22. The fraction of sp³-hybridized carbons (Fsp3) is 0.600. The molecule has 1 saturated heterocycles. The van der Waals surface area contributed by atoms with Gasteiger partial charge in [-0.05, 0) is 32.0 Å². The van der Waals surface area contributed by atoms with Crippen LogP contribution in [0.25, 0.3) is 0 Å². The van der Waals surface area contributed by atoms with Crippen LogP contribution in [-0.4, -0.2) is 36.4 Å². The van der Waals surface area contributed by atoms with E-state index in [4.69, 9.17) is 0 Å². The third-order valence-electron chi connectivity index (χ3n) is 2.67. The highest BCUT2D eigenvalue weighted by Crippen LogP contribution is 2.22. The van der Waals surface area contributed by atoms with Gasteiger partial charge in [-0.15, -0.1) is 5.10 Å². The van der Waals surface area contributed by atoms with E-state index in [1.165, 1.54) is 12.8 Å². The van der Waals surface area contributed by atoms with E-state index in [9.17, 15) is 0 Å². The Bertz CT molecular complexity index is 275. The molecule has 1 aliphatic heterocycles. The van der Waals surface area contributed by atoms with E-state index in [0.717, 1.165) is 18.9 Å². The maximum absolute atomic E-state index is 4.14. The highest BCUT2D eigenvalue weighted by molar-refractivity contribution is 5.39. The monoisotopic (exact) mass is 192 g/mol. The first kappa shape index (κ1) is 9.40. The summed E-state index contributed by atoms with van der Waals surface area (Å²) in [5, 5.41) is 11.3. The minimum atomic E-state index is 0.580. The second-order valence-corrected chi connectivity index (χ2v) is 3.63. The molecule has 1 N–H and O–H groups in total. The highest BCUT2D eigenvalue weighted by Gasteiger charge is 2.24. The zero-order chi connectivity index (χ0) is 9.80. The standard InChI is InChI=1S/C10H16N4/c1-11-8-9-4-3-7-14(9)10-5-2-6-12-13-10/h2,5-6,9,11H,3-4,7-8H2,1H3/t9-/m0/s1. The van der Waals surface area contributed by atoms with E-state index in [-0.39, 0.29) is 0 Å². The first-order chi connectivity index (χ1) is 6.92. The van der Waals surface area contributed by atoms with Crippen LogP contribution in [0.3, 0.4) is 0 Å². The van der Waals surface area contributed by atoms with Crippen molar-refractivity contribution in [1.82, 2.24) is 15.5 Å². The lowest BCUT2D eigenvalue weighted by atomic mass is 10.2. The van der Waals surface area contributed by atoms with Crippen molar-refractivity contribution in [1.29, 1.82) is 0 Å². The summed E-state index contributed by atoms with van der Waals surface area (Å²) in [5.41, 5.74) is 0. The van der Waals surface area contributed by atoms with Gasteiger partial charge in [-0.25, -0.2) is 0 Å². The quantitative estimate of drug-likeness (QED) is 0.764. The van der Waals surface area contributed by atoms with Gasteiger partial charge >= 0.3 is 0 Å². The molecule has 1 aliphatic rings. The Balaban J connectivity index is 2.10. The first-order valence-corrected chi connectivity index (χ1v) is 5.11. The van der Waals surface area contributed by atoms with Crippen LogP contribution in [0.2, 0.25) is 0 Å². The number of hydrogen-bond acceptors (Lipinski definition) is 4. The lowest BCUT2D eigenvalue weighted by Gasteiger charge is -2.24. The summed E-state index contributed by atoms with van der Waals surface area (Å²) in [6.45, 7) is 2.13. The zero-order valence-corrected chi connectivity index (χ0v) is 8.48. The topological polar surface area (TPSA) is 41.0 Å². The van der Waals surface area contributed by atoms with Crippen LogP contribution in [-0.2, 0) is 0 Å². The minimum absolute atomic E-state index is 0.580. The molecule has 0 unspecified atom stereocenters. The smallest absolute Gasteiger partial charge is 0.151 e. The van der Waals surface area contributed by atoms with E-state index in [0.29, 0.717) is 6.04 Å². The molecule has 0 bridgehead atoms. The molecule has 4 heteroatoms.